The average molecular weight is 473 g/mol. The number of fused-ring (bicyclic) bond motifs is 1. The van der Waals surface area contributed by atoms with Gasteiger partial charge in [-0.3, -0.25) is 9.69 Å². The van der Waals surface area contributed by atoms with Gasteiger partial charge in [0.05, 0.1) is 24.1 Å². The summed E-state index contributed by atoms with van der Waals surface area (Å²) in [5, 5.41) is 20.5. The molecule has 2 aromatic heterocycles. The third-order valence-corrected chi connectivity index (χ3v) is 6.02. The molecule has 2 N–H and O–H groups in total. The summed E-state index contributed by atoms with van der Waals surface area (Å²) in [7, 11) is 0. The average Bonchev–Trinajstić information content (AvgIpc) is 3.15. The summed E-state index contributed by atoms with van der Waals surface area (Å²) in [6.45, 7) is 1.02. The smallest absolute Gasteiger partial charge is 0.193 e. The minimum absolute atomic E-state index is 0.161. The number of halogens is 1. The number of nitrogens with zero attached hydrogens (tertiary/aromatic N) is 2. The molecule has 170 valence electrons. The Morgan fingerprint density at radius 2 is 1.71 bits per heavy atom. The van der Waals surface area contributed by atoms with Gasteiger partial charge in [0.15, 0.2) is 5.43 Å². The van der Waals surface area contributed by atoms with Crippen LogP contribution in [0.3, 0.4) is 0 Å². The summed E-state index contributed by atoms with van der Waals surface area (Å²) in [4.78, 5) is 18.9. The fraction of sp³-hybridized carbons (Fsp3) is 0.185. The number of benzene rings is 2. The Morgan fingerprint density at radius 3 is 2.41 bits per heavy atom. The van der Waals surface area contributed by atoms with Crippen molar-refractivity contribution < 1.29 is 14.6 Å². The van der Waals surface area contributed by atoms with Crippen LogP contribution in [-0.4, -0.2) is 45.4 Å². The van der Waals surface area contributed by atoms with E-state index in [1.54, 1.807) is 24.4 Å². The molecule has 0 spiro atoms. The molecule has 1 aliphatic rings. The van der Waals surface area contributed by atoms with E-state index in [-0.39, 0.29) is 5.43 Å². The van der Waals surface area contributed by atoms with Gasteiger partial charge in [0.2, 0.25) is 0 Å². The van der Waals surface area contributed by atoms with Crippen LogP contribution in [0.1, 0.15) is 17.0 Å². The van der Waals surface area contributed by atoms with Crippen LogP contribution in [0.25, 0.3) is 22.1 Å². The molecule has 2 aromatic carbocycles. The van der Waals surface area contributed by atoms with Crippen LogP contribution in [0.2, 0.25) is 5.02 Å². The fourth-order valence-electron chi connectivity index (χ4n) is 3.98. The predicted molar refractivity (Wildman–Crippen MR) is 130 cm³/mol. The molecule has 3 heterocycles. The Morgan fingerprint density at radius 1 is 0.971 bits per heavy atom. The van der Waals surface area contributed by atoms with Crippen LogP contribution in [0.5, 0.6) is 0 Å². The summed E-state index contributed by atoms with van der Waals surface area (Å²) >= 11 is 5.94. The number of rotatable bonds is 3. The third-order valence-electron chi connectivity index (χ3n) is 5.77. The van der Waals surface area contributed by atoms with Crippen molar-refractivity contribution in [3.05, 3.63) is 99.1 Å². The number of aromatic nitrogens is 1. The molecule has 2 unspecified atom stereocenters. The van der Waals surface area contributed by atoms with Gasteiger partial charge in [0.1, 0.15) is 17.0 Å². The van der Waals surface area contributed by atoms with Gasteiger partial charge < -0.3 is 14.6 Å². The maximum atomic E-state index is 12.7. The minimum atomic E-state index is -0.781. The van der Waals surface area contributed by atoms with Gasteiger partial charge in [-0.2, -0.15) is 0 Å². The second-order valence-electron chi connectivity index (χ2n) is 8.31. The van der Waals surface area contributed by atoms with Gasteiger partial charge in [-0.15, -0.1) is 0 Å². The van der Waals surface area contributed by atoms with E-state index >= 15 is 0 Å². The van der Waals surface area contributed by atoms with E-state index in [0.717, 1.165) is 11.1 Å². The Kier molecular flexibility index (Phi) is 6.18. The number of aliphatic hydroxyl groups excluding tert-OH is 2. The van der Waals surface area contributed by atoms with Crippen molar-refractivity contribution in [1.82, 2.24) is 9.88 Å². The Hall–Kier alpha value is -3.47. The second kappa shape index (κ2) is 9.41. The molecule has 4 aromatic rings. The van der Waals surface area contributed by atoms with E-state index in [1.165, 1.54) is 6.07 Å². The SMILES string of the molecule is O=c1cc(CN2CC(O)C(O)C2)oc2ccc(C#Cc3ccc(-c4ccc(Cl)cc4)cn3)cc12. The summed E-state index contributed by atoms with van der Waals surface area (Å²) in [6, 6.07) is 18.1. The highest BCUT2D eigenvalue weighted by molar-refractivity contribution is 6.30. The van der Waals surface area contributed by atoms with Crippen LogP contribution in [0, 0.1) is 11.8 Å². The lowest BCUT2D eigenvalue weighted by atomic mass is 10.1. The molecular weight excluding hydrogens is 452 g/mol. The van der Waals surface area contributed by atoms with E-state index in [4.69, 9.17) is 16.0 Å². The van der Waals surface area contributed by atoms with Crippen LogP contribution in [-0.2, 0) is 6.54 Å². The van der Waals surface area contributed by atoms with Gasteiger partial charge in [0, 0.05) is 41.5 Å². The topological polar surface area (TPSA) is 86.8 Å². The molecule has 6 nitrogen and oxygen atoms in total. The molecule has 5 rings (SSSR count). The first kappa shape index (κ1) is 22.3. The van der Waals surface area contributed by atoms with Crippen molar-refractivity contribution in [1.29, 1.82) is 0 Å². The maximum absolute atomic E-state index is 12.7. The summed E-state index contributed by atoms with van der Waals surface area (Å²) < 4.78 is 5.88. The van der Waals surface area contributed by atoms with Crippen molar-refractivity contribution in [2.24, 2.45) is 0 Å². The molecule has 0 bridgehead atoms. The second-order valence-corrected chi connectivity index (χ2v) is 8.74. The largest absolute Gasteiger partial charge is 0.459 e. The quantitative estimate of drug-likeness (QED) is 0.444. The Labute approximate surface area is 201 Å². The molecule has 1 saturated heterocycles. The molecular formula is C27H21ClN2O4. The van der Waals surface area contributed by atoms with Crippen molar-refractivity contribution in [3.8, 4) is 23.0 Å². The lowest BCUT2D eigenvalue weighted by Crippen LogP contribution is -2.22. The number of hydrogen-bond acceptors (Lipinski definition) is 6. The summed E-state index contributed by atoms with van der Waals surface area (Å²) in [5.74, 6) is 6.58. The maximum Gasteiger partial charge on any atom is 0.193 e. The molecule has 1 fully saturated rings. The van der Waals surface area contributed by atoms with Gasteiger partial charge in [0.25, 0.3) is 0 Å². The molecule has 1 aliphatic heterocycles. The molecule has 0 amide bonds. The fourth-order valence-corrected chi connectivity index (χ4v) is 4.10. The van der Waals surface area contributed by atoms with E-state index in [2.05, 4.69) is 16.8 Å². The normalized spacial score (nSPS) is 18.1. The standard InChI is InChI=1S/C27H21ClN2O4/c28-20-6-3-18(4-7-20)19-5-9-21(29-13-19)8-1-17-2-10-27-23(11-17)24(31)12-22(34-27)14-30-15-25(32)26(33)16-30/h2-7,9-13,25-26,32-33H,14-16H2. The number of pyridine rings is 1. The minimum Gasteiger partial charge on any atom is -0.459 e. The third kappa shape index (κ3) is 4.89. The molecule has 0 aliphatic carbocycles. The Balaban J connectivity index is 1.33. The van der Waals surface area contributed by atoms with Crippen molar-refractivity contribution in [2.45, 2.75) is 18.8 Å². The van der Waals surface area contributed by atoms with Gasteiger partial charge in [-0.25, -0.2) is 4.98 Å². The van der Waals surface area contributed by atoms with Crippen molar-refractivity contribution >= 4 is 22.6 Å². The van der Waals surface area contributed by atoms with Crippen LogP contribution >= 0.6 is 11.6 Å². The van der Waals surface area contributed by atoms with E-state index < -0.39 is 12.2 Å². The van der Waals surface area contributed by atoms with Gasteiger partial charge in [-0.05, 0) is 47.9 Å². The first-order chi connectivity index (χ1) is 16.4. The Bertz CT molecular complexity index is 1440. The number of hydrogen-bond donors (Lipinski definition) is 2. The molecule has 0 saturated carbocycles. The van der Waals surface area contributed by atoms with E-state index in [9.17, 15) is 15.0 Å². The molecule has 2 atom stereocenters. The summed E-state index contributed by atoms with van der Waals surface area (Å²) in [5.41, 5.74) is 3.61. The highest BCUT2D eigenvalue weighted by Crippen LogP contribution is 2.21. The first-order valence-corrected chi connectivity index (χ1v) is 11.2. The summed E-state index contributed by atoms with van der Waals surface area (Å²) in [6.07, 6.45) is 0.204. The number of β-amino-alcohol motifs (C(OH)–C–C–N with tert-alkyl or cyclic N) is 2. The monoisotopic (exact) mass is 472 g/mol. The van der Waals surface area contributed by atoms with Gasteiger partial charge >= 0.3 is 0 Å². The zero-order valence-corrected chi connectivity index (χ0v) is 18.9. The number of aliphatic hydroxyl groups is 2. The first-order valence-electron chi connectivity index (χ1n) is 10.8. The molecule has 7 heteroatoms. The lowest BCUT2D eigenvalue weighted by Gasteiger charge is -2.13. The van der Waals surface area contributed by atoms with Crippen LogP contribution < -0.4 is 5.43 Å². The van der Waals surface area contributed by atoms with Crippen molar-refractivity contribution in [3.63, 3.8) is 0 Å². The van der Waals surface area contributed by atoms with E-state index in [1.807, 2.05) is 41.3 Å². The van der Waals surface area contributed by atoms with Gasteiger partial charge in [-0.1, -0.05) is 35.7 Å². The van der Waals surface area contributed by atoms with E-state index in [0.29, 0.717) is 52.6 Å². The predicted octanol–water partition coefficient (Wildman–Crippen LogP) is 3.45. The zero-order valence-electron chi connectivity index (χ0n) is 18.1. The molecule has 0 radical (unpaired) electrons. The van der Waals surface area contributed by atoms with Crippen LogP contribution in [0.4, 0.5) is 0 Å². The van der Waals surface area contributed by atoms with Crippen molar-refractivity contribution in [2.75, 3.05) is 13.1 Å². The zero-order chi connectivity index (χ0) is 23.7. The highest BCUT2D eigenvalue weighted by Gasteiger charge is 2.29. The molecule has 34 heavy (non-hydrogen) atoms. The van der Waals surface area contributed by atoms with Crippen LogP contribution in [0.15, 0.2) is 76.1 Å². The lowest BCUT2D eigenvalue weighted by molar-refractivity contribution is 0.0572. The number of likely N-dealkylation sites (tertiary alicyclic amines) is 1. The highest BCUT2D eigenvalue weighted by atomic mass is 35.5.